The molecule has 2 fully saturated rings. The Bertz CT molecular complexity index is 1400. The predicted octanol–water partition coefficient (Wildman–Crippen LogP) is 6.26. The predicted molar refractivity (Wildman–Crippen MR) is 138 cm³/mol. The van der Waals surface area contributed by atoms with Gasteiger partial charge in [0.05, 0.1) is 33.7 Å². The highest BCUT2D eigenvalue weighted by atomic mass is 35.5. The molecule has 2 aliphatic rings. The van der Waals surface area contributed by atoms with E-state index in [0.29, 0.717) is 56.6 Å². The van der Waals surface area contributed by atoms with Crippen LogP contribution < -0.4 is 9.64 Å². The van der Waals surface area contributed by atoms with Gasteiger partial charge in [-0.2, -0.15) is 0 Å². The summed E-state index contributed by atoms with van der Waals surface area (Å²) in [6, 6.07) is 11.0. The lowest BCUT2D eigenvalue weighted by atomic mass is 9.86. The van der Waals surface area contributed by atoms with Gasteiger partial charge in [0.2, 0.25) is 0 Å². The van der Waals surface area contributed by atoms with Gasteiger partial charge in [0.25, 0.3) is 0 Å². The van der Waals surface area contributed by atoms with Crippen LogP contribution in [0.4, 0.5) is 5.82 Å². The average molecular weight is 544 g/mol. The van der Waals surface area contributed by atoms with Crippen molar-refractivity contribution in [2.24, 2.45) is 0 Å². The van der Waals surface area contributed by atoms with Crippen LogP contribution in [0.5, 0.6) is 5.75 Å². The molecule has 1 saturated heterocycles. The number of halogens is 3. The molecule has 0 atom stereocenters. The second-order valence-electron chi connectivity index (χ2n) is 9.13. The van der Waals surface area contributed by atoms with E-state index >= 15 is 0 Å². The van der Waals surface area contributed by atoms with Crippen LogP contribution in [0, 0.1) is 0 Å². The number of benzene rings is 1. The first-order valence-electron chi connectivity index (χ1n) is 11.5. The molecule has 1 aliphatic heterocycles. The second kappa shape index (κ2) is 9.23. The van der Waals surface area contributed by atoms with Crippen LogP contribution in [-0.2, 0) is 12.2 Å². The normalized spacial score (nSPS) is 16.6. The number of nitrogens with zero attached hydrogens (tertiary/aromatic N) is 4. The smallest absolute Gasteiger partial charge is 0.147 e. The zero-order valence-corrected chi connectivity index (χ0v) is 21.3. The Kier molecular flexibility index (Phi) is 6.04. The fourth-order valence-corrected chi connectivity index (χ4v) is 5.43. The van der Waals surface area contributed by atoms with Crippen LogP contribution in [0.15, 0.2) is 59.5 Å². The fraction of sp³-hybridized carbons (Fsp3) is 0.269. The number of rotatable bonds is 7. The molecular weight excluding hydrogens is 523 g/mol. The molecule has 4 aromatic rings. The van der Waals surface area contributed by atoms with Gasteiger partial charge in [0.15, 0.2) is 0 Å². The Labute approximate surface area is 222 Å². The molecule has 0 spiro atoms. The van der Waals surface area contributed by atoms with E-state index < -0.39 is 5.60 Å². The van der Waals surface area contributed by atoms with Crippen LogP contribution in [0.25, 0.3) is 11.3 Å². The summed E-state index contributed by atoms with van der Waals surface area (Å²) in [6.45, 7) is 1.02. The maximum atomic E-state index is 11.1. The van der Waals surface area contributed by atoms with Gasteiger partial charge in [-0.05, 0) is 37.1 Å². The van der Waals surface area contributed by atoms with Gasteiger partial charge in [0.1, 0.15) is 35.2 Å². The monoisotopic (exact) mass is 542 g/mol. The summed E-state index contributed by atoms with van der Waals surface area (Å²) in [5, 5.41) is 16.6. The van der Waals surface area contributed by atoms with Crippen molar-refractivity contribution in [2.45, 2.75) is 31.0 Å². The Morgan fingerprint density at radius 3 is 2.50 bits per heavy atom. The molecule has 1 saturated carbocycles. The zero-order chi connectivity index (χ0) is 24.9. The number of aliphatic hydroxyl groups is 1. The molecular formula is C26H21Cl3N4O3. The lowest BCUT2D eigenvalue weighted by Gasteiger charge is -2.47. The third-order valence-corrected chi connectivity index (χ3v) is 7.45. The summed E-state index contributed by atoms with van der Waals surface area (Å²) in [6.07, 6.45) is 6.86. The number of hydrogen-bond donors (Lipinski definition) is 1. The topological polar surface area (TPSA) is 84.5 Å². The summed E-state index contributed by atoms with van der Waals surface area (Å²) >= 11 is 19.4. The van der Waals surface area contributed by atoms with E-state index in [4.69, 9.17) is 44.1 Å². The van der Waals surface area contributed by atoms with E-state index in [1.165, 1.54) is 12.4 Å². The maximum Gasteiger partial charge on any atom is 0.147 e. The molecule has 0 radical (unpaired) electrons. The Morgan fingerprint density at radius 1 is 1.06 bits per heavy atom. The van der Waals surface area contributed by atoms with E-state index in [1.54, 1.807) is 24.4 Å². The third kappa shape index (κ3) is 4.30. The highest BCUT2D eigenvalue weighted by Crippen LogP contribution is 2.46. The van der Waals surface area contributed by atoms with E-state index in [-0.39, 0.29) is 6.61 Å². The van der Waals surface area contributed by atoms with Gasteiger partial charge in [0, 0.05) is 35.6 Å². The first kappa shape index (κ1) is 23.6. The molecule has 36 heavy (non-hydrogen) atoms. The molecule has 7 nitrogen and oxygen atoms in total. The minimum Gasteiger partial charge on any atom is -0.489 e. The van der Waals surface area contributed by atoms with E-state index in [0.717, 1.165) is 30.0 Å². The van der Waals surface area contributed by atoms with Gasteiger partial charge in [-0.3, -0.25) is 4.98 Å². The Hall–Kier alpha value is -2.84. The van der Waals surface area contributed by atoms with Crippen molar-refractivity contribution in [2.75, 3.05) is 18.0 Å². The van der Waals surface area contributed by atoms with Crippen LogP contribution in [0.3, 0.4) is 0 Å². The number of anilines is 1. The fourth-order valence-electron chi connectivity index (χ4n) is 4.54. The first-order chi connectivity index (χ1) is 17.4. The number of aromatic nitrogens is 3. The van der Waals surface area contributed by atoms with Crippen LogP contribution in [0.2, 0.25) is 15.1 Å². The lowest BCUT2D eigenvalue weighted by molar-refractivity contribution is 0.00712. The molecule has 1 aliphatic carbocycles. The SMILES string of the molecule is OC1(c2ccc(OCc3c(-c4c(Cl)cncc4Cl)noc3C3CC3)cc2Cl)CN(c2ccccn2)C1. The molecule has 1 aromatic carbocycles. The molecule has 0 unspecified atom stereocenters. The second-order valence-corrected chi connectivity index (χ2v) is 10.4. The molecule has 0 bridgehead atoms. The summed E-state index contributed by atoms with van der Waals surface area (Å²) < 4.78 is 11.8. The Balaban J connectivity index is 1.21. The third-order valence-electron chi connectivity index (χ3n) is 6.56. The molecule has 0 amide bonds. The Morgan fingerprint density at radius 2 is 1.83 bits per heavy atom. The van der Waals surface area contributed by atoms with Crippen LogP contribution in [-0.4, -0.2) is 33.3 Å². The number of pyridine rings is 2. The van der Waals surface area contributed by atoms with Crippen molar-refractivity contribution < 1.29 is 14.4 Å². The van der Waals surface area contributed by atoms with Gasteiger partial charge in [-0.25, -0.2) is 4.98 Å². The van der Waals surface area contributed by atoms with Crippen LogP contribution >= 0.6 is 34.8 Å². The molecule has 184 valence electrons. The van der Waals surface area contributed by atoms with Gasteiger partial charge in [-0.15, -0.1) is 0 Å². The number of β-amino-alcohol motifs (C(OH)–C–C–N with tert-alkyl or cyclic N) is 1. The van der Waals surface area contributed by atoms with Crippen molar-refractivity contribution >= 4 is 40.6 Å². The van der Waals surface area contributed by atoms with Crippen molar-refractivity contribution in [3.05, 3.63) is 86.9 Å². The minimum absolute atomic E-state index is 0.201. The maximum absolute atomic E-state index is 11.1. The number of hydrogen-bond acceptors (Lipinski definition) is 7. The minimum atomic E-state index is -1.05. The van der Waals surface area contributed by atoms with Crippen LogP contribution in [0.1, 0.15) is 35.6 Å². The molecule has 4 heterocycles. The summed E-state index contributed by atoms with van der Waals surface area (Å²) in [5.74, 6) is 2.48. The van der Waals surface area contributed by atoms with E-state index in [2.05, 4.69) is 15.1 Å². The van der Waals surface area contributed by atoms with E-state index in [1.807, 2.05) is 23.1 Å². The van der Waals surface area contributed by atoms with Crippen molar-refractivity contribution in [3.8, 4) is 17.0 Å². The molecule has 10 heteroatoms. The largest absolute Gasteiger partial charge is 0.489 e. The first-order valence-corrected chi connectivity index (χ1v) is 12.7. The summed E-state index contributed by atoms with van der Waals surface area (Å²) in [5.41, 5.74) is 1.53. The number of ether oxygens (including phenoxy) is 1. The highest BCUT2D eigenvalue weighted by Gasteiger charge is 2.44. The van der Waals surface area contributed by atoms with E-state index in [9.17, 15) is 5.11 Å². The average Bonchev–Trinajstić information content (AvgIpc) is 3.61. The van der Waals surface area contributed by atoms with Crippen molar-refractivity contribution in [1.29, 1.82) is 0 Å². The van der Waals surface area contributed by atoms with Crippen molar-refractivity contribution in [1.82, 2.24) is 15.1 Å². The zero-order valence-electron chi connectivity index (χ0n) is 19.0. The molecule has 1 N–H and O–H groups in total. The van der Waals surface area contributed by atoms with Gasteiger partial charge in [-0.1, -0.05) is 52.1 Å². The quantitative estimate of drug-likeness (QED) is 0.295. The highest BCUT2D eigenvalue weighted by molar-refractivity contribution is 6.38. The van der Waals surface area contributed by atoms with Gasteiger partial charge < -0.3 is 19.3 Å². The van der Waals surface area contributed by atoms with Gasteiger partial charge >= 0.3 is 0 Å². The lowest BCUT2D eigenvalue weighted by Crippen LogP contribution is -2.60. The standard InChI is InChI=1S/C26H21Cl3N4O3/c27-19-9-16(6-7-18(19)26(34)13-33(14-26)22-3-1-2-8-31-22)35-12-17-24(32-36-25(17)15-4-5-15)23-20(28)10-30-11-21(23)29/h1-3,6-11,15,34H,4-5,12-14H2. The summed E-state index contributed by atoms with van der Waals surface area (Å²) in [7, 11) is 0. The van der Waals surface area contributed by atoms with Crippen molar-refractivity contribution in [3.63, 3.8) is 0 Å². The molecule has 6 rings (SSSR count). The summed E-state index contributed by atoms with van der Waals surface area (Å²) in [4.78, 5) is 10.4. The molecule has 3 aromatic heterocycles.